The minimum atomic E-state index is 0.504. The number of allylic oxidation sites excluding steroid dienone is 2. The lowest BCUT2D eigenvalue weighted by Gasteiger charge is -2.13. The highest BCUT2D eigenvalue weighted by molar-refractivity contribution is 7.99. The molecule has 0 spiro atoms. The fourth-order valence-electron chi connectivity index (χ4n) is 2.53. The number of hydrogen-bond donors (Lipinski definition) is 1. The standard InChI is InChI=1S/C20H32OS/c1-6-17-13-19(14-18(7-2)20(17)21)22-12-11-16(5)10-8-9-15(3)4/h9,13-14,16,21H,6-8,10-12H2,1-5H3. The number of rotatable bonds is 9. The Morgan fingerprint density at radius 3 is 2.23 bits per heavy atom. The summed E-state index contributed by atoms with van der Waals surface area (Å²) in [6.45, 7) is 10.9. The predicted molar refractivity (Wildman–Crippen MR) is 100 cm³/mol. The monoisotopic (exact) mass is 320 g/mol. The van der Waals surface area contributed by atoms with Gasteiger partial charge in [-0.1, -0.05) is 32.4 Å². The molecule has 0 fully saturated rings. The lowest BCUT2D eigenvalue weighted by molar-refractivity contribution is 0.461. The summed E-state index contributed by atoms with van der Waals surface area (Å²) in [4.78, 5) is 1.31. The van der Waals surface area contributed by atoms with Crippen LogP contribution in [0, 0.1) is 5.92 Å². The van der Waals surface area contributed by atoms with Gasteiger partial charge < -0.3 is 5.11 Å². The molecule has 0 bridgehead atoms. The van der Waals surface area contributed by atoms with E-state index >= 15 is 0 Å². The van der Waals surface area contributed by atoms with Crippen molar-refractivity contribution >= 4 is 11.8 Å². The summed E-state index contributed by atoms with van der Waals surface area (Å²) < 4.78 is 0. The lowest BCUT2D eigenvalue weighted by Crippen LogP contribution is -1.96. The number of benzene rings is 1. The van der Waals surface area contributed by atoms with Crippen molar-refractivity contribution in [3.63, 3.8) is 0 Å². The molecule has 1 unspecified atom stereocenters. The largest absolute Gasteiger partial charge is 0.507 e. The average molecular weight is 321 g/mol. The average Bonchev–Trinajstić information content (AvgIpc) is 2.48. The maximum atomic E-state index is 10.2. The van der Waals surface area contributed by atoms with Gasteiger partial charge in [0.15, 0.2) is 0 Å². The summed E-state index contributed by atoms with van der Waals surface area (Å²) in [5.41, 5.74) is 3.58. The van der Waals surface area contributed by atoms with Crippen molar-refractivity contribution in [1.82, 2.24) is 0 Å². The van der Waals surface area contributed by atoms with E-state index < -0.39 is 0 Å². The Hall–Kier alpha value is -0.890. The Balaban J connectivity index is 2.49. The topological polar surface area (TPSA) is 20.2 Å². The van der Waals surface area contributed by atoms with E-state index in [1.807, 2.05) is 11.8 Å². The third-order valence-electron chi connectivity index (χ3n) is 4.09. The first kappa shape index (κ1) is 19.2. The molecule has 0 heterocycles. The SMILES string of the molecule is CCc1cc(SCCC(C)CCC=C(C)C)cc(CC)c1O. The van der Waals surface area contributed by atoms with Gasteiger partial charge in [0.2, 0.25) is 0 Å². The van der Waals surface area contributed by atoms with Crippen molar-refractivity contribution in [2.45, 2.75) is 71.6 Å². The van der Waals surface area contributed by atoms with Crippen molar-refractivity contribution in [2.24, 2.45) is 5.92 Å². The molecule has 124 valence electrons. The van der Waals surface area contributed by atoms with Gasteiger partial charge in [-0.3, -0.25) is 0 Å². The van der Waals surface area contributed by atoms with Crippen LogP contribution >= 0.6 is 11.8 Å². The van der Waals surface area contributed by atoms with E-state index in [4.69, 9.17) is 0 Å². The number of aromatic hydroxyl groups is 1. The maximum Gasteiger partial charge on any atom is 0.122 e. The minimum Gasteiger partial charge on any atom is -0.507 e. The van der Waals surface area contributed by atoms with Crippen molar-refractivity contribution in [2.75, 3.05) is 5.75 Å². The van der Waals surface area contributed by atoms with Gasteiger partial charge in [-0.05, 0) is 80.9 Å². The quantitative estimate of drug-likeness (QED) is 0.420. The van der Waals surface area contributed by atoms with Crippen LogP contribution in [-0.2, 0) is 12.8 Å². The van der Waals surface area contributed by atoms with E-state index in [1.165, 1.54) is 29.7 Å². The zero-order chi connectivity index (χ0) is 16.5. The zero-order valence-corrected chi connectivity index (χ0v) is 15.7. The summed E-state index contributed by atoms with van der Waals surface area (Å²) >= 11 is 1.93. The third-order valence-corrected chi connectivity index (χ3v) is 5.10. The number of thioether (sulfide) groups is 1. The van der Waals surface area contributed by atoms with Crippen molar-refractivity contribution in [3.8, 4) is 5.75 Å². The van der Waals surface area contributed by atoms with E-state index in [0.717, 1.165) is 35.6 Å². The Bertz CT molecular complexity index is 461. The Kier molecular flexibility index (Phi) is 8.70. The summed E-state index contributed by atoms with van der Waals surface area (Å²) in [5.74, 6) is 2.44. The highest BCUT2D eigenvalue weighted by Crippen LogP contribution is 2.31. The van der Waals surface area contributed by atoms with Crippen LogP contribution in [0.1, 0.15) is 65.0 Å². The first-order valence-corrected chi connectivity index (χ1v) is 9.57. The molecule has 0 radical (unpaired) electrons. The van der Waals surface area contributed by atoms with Crippen LogP contribution in [0.4, 0.5) is 0 Å². The molecule has 0 aliphatic rings. The fraction of sp³-hybridized carbons (Fsp3) is 0.600. The molecule has 1 N–H and O–H groups in total. The molecule has 0 aliphatic carbocycles. The molecule has 1 aromatic carbocycles. The number of phenolic OH excluding ortho intramolecular Hbond substituents is 1. The Morgan fingerprint density at radius 2 is 1.73 bits per heavy atom. The fourth-order valence-corrected chi connectivity index (χ4v) is 3.74. The zero-order valence-electron chi connectivity index (χ0n) is 14.9. The first-order valence-electron chi connectivity index (χ1n) is 8.58. The van der Waals surface area contributed by atoms with Gasteiger partial charge >= 0.3 is 0 Å². The van der Waals surface area contributed by atoms with Gasteiger partial charge in [0.05, 0.1) is 0 Å². The normalized spacial score (nSPS) is 12.2. The molecular weight excluding hydrogens is 288 g/mol. The highest BCUT2D eigenvalue weighted by Gasteiger charge is 2.08. The van der Waals surface area contributed by atoms with E-state index in [2.05, 4.69) is 52.8 Å². The first-order chi connectivity index (χ1) is 10.5. The molecule has 0 aliphatic heterocycles. The van der Waals surface area contributed by atoms with Gasteiger partial charge in [-0.2, -0.15) is 0 Å². The van der Waals surface area contributed by atoms with E-state index in [1.54, 1.807) is 0 Å². The molecule has 1 nitrogen and oxygen atoms in total. The molecule has 22 heavy (non-hydrogen) atoms. The van der Waals surface area contributed by atoms with Gasteiger partial charge in [0.1, 0.15) is 5.75 Å². The molecule has 0 aromatic heterocycles. The molecule has 0 amide bonds. The Morgan fingerprint density at radius 1 is 1.14 bits per heavy atom. The van der Waals surface area contributed by atoms with Gasteiger partial charge in [0.25, 0.3) is 0 Å². The number of hydrogen-bond acceptors (Lipinski definition) is 2. The van der Waals surface area contributed by atoms with Gasteiger partial charge in [-0.25, -0.2) is 0 Å². The molecular formula is C20H32OS. The van der Waals surface area contributed by atoms with E-state index in [-0.39, 0.29) is 0 Å². The van der Waals surface area contributed by atoms with Gasteiger partial charge in [0, 0.05) is 4.90 Å². The minimum absolute atomic E-state index is 0.504. The van der Waals surface area contributed by atoms with Crippen molar-refractivity contribution in [1.29, 1.82) is 0 Å². The second-order valence-corrected chi connectivity index (χ2v) is 7.57. The van der Waals surface area contributed by atoms with Crippen molar-refractivity contribution in [3.05, 3.63) is 34.9 Å². The highest BCUT2D eigenvalue weighted by atomic mass is 32.2. The van der Waals surface area contributed by atoms with Crippen LogP contribution in [-0.4, -0.2) is 10.9 Å². The molecule has 2 heteroatoms. The smallest absolute Gasteiger partial charge is 0.122 e. The summed E-state index contributed by atoms with van der Waals surface area (Å²) in [5, 5.41) is 10.2. The van der Waals surface area contributed by atoms with E-state index in [9.17, 15) is 5.11 Å². The summed E-state index contributed by atoms with van der Waals surface area (Å²) in [6, 6.07) is 4.32. The van der Waals surface area contributed by atoms with Gasteiger partial charge in [-0.15, -0.1) is 11.8 Å². The van der Waals surface area contributed by atoms with Crippen LogP contribution in [0.5, 0.6) is 5.75 Å². The second-order valence-electron chi connectivity index (χ2n) is 6.40. The molecule has 0 saturated carbocycles. The summed E-state index contributed by atoms with van der Waals surface area (Å²) in [7, 11) is 0. The van der Waals surface area contributed by atoms with Crippen molar-refractivity contribution < 1.29 is 5.11 Å². The van der Waals surface area contributed by atoms with Crippen LogP contribution in [0.15, 0.2) is 28.7 Å². The van der Waals surface area contributed by atoms with Crippen LogP contribution < -0.4 is 0 Å². The molecule has 1 rings (SSSR count). The summed E-state index contributed by atoms with van der Waals surface area (Å²) in [6.07, 6.45) is 7.86. The molecule has 1 aromatic rings. The number of aryl methyl sites for hydroxylation is 2. The number of phenols is 1. The Labute approximate surface area is 141 Å². The molecule has 0 saturated heterocycles. The predicted octanol–water partition coefficient (Wildman–Crippen LogP) is 6.38. The van der Waals surface area contributed by atoms with Crippen LogP contribution in [0.3, 0.4) is 0 Å². The molecule has 1 atom stereocenters. The van der Waals surface area contributed by atoms with E-state index in [0.29, 0.717) is 5.75 Å². The lowest BCUT2D eigenvalue weighted by atomic mass is 10.0. The van der Waals surface area contributed by atoms with Crippen LogP contribution in [0.2, 0.25) is 0 Å². The maximum absolute atomic E-state index is 10.2. The van der Waals surface area contributed by atoms with Crippen LogP contribution in [0.25, 0.3) is 0 Å². The second kappa shape index (κ2) is 9.99. The third kappa shape index (κ3) is 6.48.